The first kappa shape index (κ1) is 19.5. The molecule has 2 rings (SSSR count). The Labute approximate surface area is 156 Å². The van der Waals surface area contributed by atoms with Crippen molar-refractivity contribution in [2.45, 2.75) is 13.8 Å². The maximum Gasteiger partial charge on any atom is 0.269 e. The zero-order valence-corrected chi connectivity index (χ0v) is 15.5. The molecule has 0 aliphatic rings. The fraction of sp³-hybridized carbons (Fsp3) is 0.211. The molecule has 0 aliphatic heterocycles. The summed E-state index contributed by atoms with van der Waals surface area (Å²) in [6.07, 6.45) is 0. The number of nitrogens with one attached hydrogen (secondary N) is 3. The molecule has 0 fully saturated rings. The third-order valence-electron chi connectivity index (χ3n) is 3.51. The third kappa shape index (κ3) is 6.25. The lowest BCUT2D eigenvalue weighted by Crippen LogP contribution is -2.42. The number of hydrazine groups is 1. The average Bonchev–Trinajstić information content (AvgIpc) is 2.62. The molecule has 0 bridgehead atoms. The smallest absolute Gasteiger partial charge is 0.269 e. The Morgan fingerprint density at radius 1 is 0.846 bits per heavy atom. The summed E-state index contributed by atoms with van der Waals surface area (Å²) in [7, 11) is 0. The van der Waals surface area contributed by atoms with E-state index in [9.17, 15) is 14.4 Å². The number of anilines is 1. The Morgan fingerprint density at radius 2 is 1.50 bits per heavy atom. The molecule has 0 heterocycles. The highest BCUT2D eigenvalue weighted by molar-refractivity contribution is 8.00. The monoisotopic (exact) mass is 371 g/mol. The molecule has 7 heteroatoms. The highest BCUT2D eigenvalue weighted by Crippen LogP contribution is 2.10. The van der Waals surface area contributed by atoms with Crippen LogP contribution in [0.25, 0.3) is 0 Å². The predicted molar refractivity (Wildman–Crippen MR) is 104 cm³/mol. The zero-order chi connectivity index (χ0) is 18.9. The Balaban J connectivity index is 1.67. The van der Waals surface area contributed by atoms with Crippen molar-refractivity contribution in [3.63, 3.8) is 0 Å². The van der Waals surface area contributed by atoms with Crippen molar-refractivity contribution in [3.8, 4) is 0 Å². The average molecular weight is 371 g/mol. The number of carbonyl (C=O) groups is 3. The van der Waals surface area contributed by atoms with Crippen LogP contribution in [0.4, 0.5) is 5.69 Å². The quantitative estimate of drug-likeness (QED) is 0.681. The topological polar surface area (TPSA) is 87.3 Å². The molecule has 0 saturated heterocycles. The van der Waals surface area contributed by atoms with Crippen molar-refractivity contribution in [1.82, 2.24) is 10.9 Å². The molecule has 2 aromatic rings. The van der Waals surface area contributed by atoms with E-state index >= 15 is 0 Å². The van der Waals surface area contributed by atoms with E-state index in [1.165, 1.54) is 11.8 Å². The third-order valence-corrected chi connectivity index (χ3v) is 4.44. The second kappa shape index (κ2) is 9.62. The van der Waals surface area contributed by atoms with E-state index in [2.05, 4.69) is 16.2 Å². The molecular weight excluding hydrogens is 350 g/mol. The number of hydrogen-bond donors (Lipinski definition) is 3. The van der Waals surface area contributed by atoms with Gasteiger partial charge in [0.1, 0.15) is 0 Å². The summed E-state index contributed by atoms with van der Waals surface area (Å²) in [5.41, 5.74) is 7.87. The lowest BCUT2D eigenvalue weighted by molar-refractivity contribution is -0.119. The van der Waals surface area contributed by atoms with Crippen LogP contribution >= 0.6 is 11.8 Å². The van der Waals surface area contributed by atoms with Gasteiger partial charge in [-0.1, -0.05) is 35.9 Å². The van der Waals surface area contributed by atoms with E-state index < -0.39 is 0 Å². The Hall–Kier alpha value is -2.80. The highest BCUT2D eigenvalue weighted by Gasteiger charge is 2.10. The number of carbonyl (C=O) groups excluding carboxylic acids is 3. The molecule has 6 nitrogen and oxygen atoms in total. The maximum atomic E-state index is 12.0. The molecule has 2 aromatic carbocycles. The first-order valence-electron chi connectivity index (χ1n) is 8.05. The molecule has 0 radical (unpaired) electrons. The Bertz CT molecular complexity index is 791. The van der Waals surface area contributed by atoms with E-state index in [0.29, 0.717) is 5.56 Å². The van der Waals surface area contributed by atoms with Gasteiger partial charge in [0.2, 0.25) is 11.8 Å². The normalized spacial score (nSPS) is 10.1. The van der Waals surface area contributed by atoms with Gasteiger partial charge in [-0.2, -0.15) is 0 Å². The summed E-state index contributed by atoms with van der Waals surface area (Å²) in [5, 5.41) is 2.76. The number of amides is 3. The summed E-state index contributed by atoms with van der Waals surface area (Å²) in [5.74, 6) is -0.725. The van der Waals surface area contributed by atoms with Crippen molar-refractivity contribution in [2.75, 3.05) is 16.8 Å². The largest absolute Gasteiger partial charge is 0.325 e. The zero-order valence-electron chi connectivity index (χ0n) is 14.7. The van der Waals surface area contributed by atoms with E-state index in [1.807, 2.05) is 50.2 Å². The van der Waals surface area contributed by atoms with E-state index in [0.717, 1.165) is 16.8 Å². The number of rotatable bonds is 6. The van der Waals surface area contributed by atoms with Crippen LogP contribution in [0.5, 0.6) is 0 Å². The SMILES string of the molecule is Cc1ccc(NC(=O)CSCC(=O)NNC(=O)c2ccccc2C)cc1. The number of thioether (sulfide) groups is 1. The van der Waals surface area contributed by atoms with Gasteiger partial charge in [0.25, 0.3) is 5.91 Å². The van der Waals surface area contributed by atoms with Crippen LogP contribution in [0.2, 0.25) is 0 Å². The van der Waals surface area contributed by atoms with Gasteiger partial charge in [0.05, 0.1) is 11.5 Å². The summed E-state index contributed by atoms with van der Waals surface area (Å²) in [6.45, 7) is 3.79. The molecule has 0 aliphatic carbocycles. The Morgan fingerprint density at radius 3 is 2.19 bits per heavy atom. The van der Waals surface area contributed by atoms with Crippen LogP contribution in [0, 0.1) is 13.8 Å². The number of aryl methyl sites for hydroxylation is 2. The Kier molecular flexibility index (Phi) is 7.23. The molecule has 26 heavy (non-hydrogen) atoms. The lowest BCUT2D eigenvalue weighted by atomic mass is 10.1. The van der Waals surface area contributed by atoms with Crippen LogP contribution in [0.15, 0.2) is 48.5 Å². The van der Waals surface area contributed by atoms with Crippen molar-refractivity contribution in [2.24, 2.45) is 0 Å². The molecule has 0 saturated carbocycles. The van der Waals surface area contributed by atoms with Gasteiger partial charge < -0.3 is 5.32 Å². The summed E-state index contributed by atoms with van der Waals surface area (Å²) in [4.78, 5) is 35.6. The van der Waals surface area contributed by atoms with Gasteiger partial charge in [-0.15, -0.1) is 11.8 Å². The minimum absolute atomic E-state index is 0.0649. The van der Waals surface area contributed by atoms with Crippen LogP contribution in [0.3, 0.4) is 0 Å². The van der Waals surface area contributed by atoms with Crippen molar-refractivity contribution in [1.29, 1.82) is 0 Å². The first-order chi connectivity index (χ1) is 12.5. The van der Waals surface area contributed by atoms with Crippen LogP contribution in [-0.2, 0) is 9.59 Å². The maximum absolute atomic E-state index is 12.0. The first-order valence-corrected chi connectivity index (χ1v) is 9.20. The summed E-state index contributed by atoms with van der Waals surface area (Å²) >= 11 is 1.17. The standard InChI is InChI=1S/C19H21N3O3S/c1-13-7-9-15(10-8-13)20-17(23)11-26-12-18(24)21-22-19(25)16-6-4-3-5-14(16)2/h3-10H,11-12H2,1-2H3,(H,20,23)(H,21,24)(H,22,25). The van der Waals surface area contributed by atoms with Gasteiger partial charge in [0, 0.05) is 11.3 Å². The minimum atomic E-state index is -0.376. The summed E-state index contributed by atoms with van der Waals surface area (Å²) in [6, 6.07) is 14.6. The lowest BCUT2D eigenvalue weighted by Gasteiger charge is -2.09. The molecule has 0 unspecified atom stereocenters. The number of hydrogen-bond acceptors (Lipinski definition) is 4. The molecule has 0 aromatic heterocycles. The van der Waals surface area contributed by atoms with Gasteiger partial charge in [-0.25, -0.2) is 0 Å². The second-order valence-corrected chi connectivity index (χ2v) is 6.71. The van der Waals surface area contributed by atoms with Gasteiger partial charge in [-0.05, 0) is 37.6 Å². The van der Waals surface area contributed by atoms with Crippen molar-refractivity contribution in [3.05, 3.63) is 65.2 Å². The van der Waals surface area contributed by atoms with Gasteiger partial charge in [-0.3, -0.25) is 25.2 Å². The van der Waals surface area contributed by atoms with Crippen molar-refractivity contribution < 1.29 is 14.4 Å². The fourth-order valence-corrected chi connectivity index (χ4v) is 2.75. The molecule has 3 N–H and O–H groups in total. The van der Waals surface area contributed by atoms with Crippen LogP contribution < -0.4 is 16.2 Å². The van der Waals surface area contributed by atoms with Crippen molar-refractivity contribution >= 4 is 35.2 Å². The molecule has 136 valence electrons. The summed E-state index contributed by atoms with van der Waals surface area (Å²) < 4.78 is 0. The second-order valence-electron chi connectivity index (χ2n) is 5.72. The highest BCUT2D eigenvalue weighted by atomic mass is 32.2. The van der Waals surface area contributed by atoms with Gasteiger partial charge in [0.15, 0.2) is 0 Å². The molecule has 0 spiro atoms. The van der Waals surface area contributed by atoms with E-state index in [-0.39, 0.29) is 29.2 Å². The van der Waals surface area contributed by atoms with Gasteiger partial charge >= 0.3 is 0 Å². The van der Waals surface area contributed by atoms with Crippen LogP contribution in [-0.4, -0.2) is 29.2 Å². The molecular formula is C19H21N3O3S. The van der Waals surface area contributed by atoms with Crippen LogP contribution in [0.1, 0.15) is 21.5 Å². The van der Waals surface area contributed by atoms with E-state index in [4.69, 9.17) is 0 Å². The minimum Gasteiger partial charge on any atom is -0.325 e. The predicted octanol–water partition coefficient (Wildman–Crippen LogP) is 2.44. The molecule has 0 atom stereocenters. The fourth-order valence-electron chi connectivity index (χ4n) is 2.13. The number of benzene rings is 2. The molecule has 3 amide bonds. The van der Waals surface area contributed by atoms with E-state index in [1.54, 1.807) is 12.1 Å².